The Morgan fingerprint density at radius 3 is 2.27 bits per heavy atom. The summed E-state index contributed by atoms with van der Waals surface area (Å²) in [5.74, 6) is -0.130. The largest absolute Gasteiger partial charge is 0.490 e. The number of morpholine rings is 1. The van der Waals surface area contributed by atoms with Gasteiger partial charge in [-0.2, -0.15) is 18.6 Å². The molecule has 3 aromatic heterocycles. The molecule has 0 saturated carbocycles. The van der Waals surface area contributed by atoms with Crippen LogP contribution in [0.1, 0.15) is 11.8 Å². The summed E-state index contributed by atoms with van der Waals surface area (Å²) >= 11 is 0. The molecule has 2 saturated heterocycles. The number of hydrogen-bond acceptors (Lipinski definition) is 21. The smallest absolute Gasteiger partial charge is 0.387 e. The van der Waals surface area contributed by atoms with Crippen molar-refractivity contribution in [1.82, 2.24) is 34.4 Å². The van der Waals surface area contributed by atoms with Gasteiger partial charge in [-0.3, -0.25) is 38.1 Å². The van der Waals surface area contributed by atoms with Crippen molar-refractivity contribution in [3.05, 3.63) is 62.9 Å². The maximum atomic E-state index is 12.9. The monoisotopic (exact) mass is 891 g/mol. The van der Waals surface area contributed by atoms with Crippen LogP contribution in [-0.2, 0) is 52.1 Å². The van der Waals surface area contributed by atoms with Crippen LogP contribution >= 0.6 is 23.5 Å². The van der Waals surface area contributed by atoms with Crippen LogP contribution in [0.5, 0.6) is 0 Å². The van der Waals surface area contributed by atoms with Gasteiger partial charge in [0.25, 0.3) is 11.1 Å². The molecule has 3 aliphatic heterocycles. The van der Waals surface area contributed by atoms with E-state index in [9.17, 15) is 43.1 Å². The van der Waals surface area contributed by atoms with Gasteiger partial charge < -0.3 is 55.3 Å². The maximum Gasteiger partial charge on any atom is 0.490 e. The molecule has 0 aliphatic carbocycles. The summed E-state index contributed by atoms with van der Waals surface area (Å²) in [6.45, 7) is -0.699. The van der Waals surface area contributed by atoms with Crippen molar-refractivity contribution in [2.75, 3.05) is 68.4 Å². The summed E-state index contributed by atoms with van der Waals surface area (Å²) in [6, 6.07) is 9.35. The van der Waals surface area contributed by atoms with E-state index in [0.717, 1.165) is 11.9 Å². The summed E-state index contributed by atoms with van der Waals surface area (Å²) in [5, 5.41) is 10.8. The molecule has 9 atom stereocenters. The average Bonchev–Trinajstić information content (AvgIpc) is 3.81. The van der Waals surface area contributed by atoms with Gasteiger partial charge in [0.05, 0.1) is 32.3 Å². The number of aliphatic hydroxyl groups excluding tert-OH is 1. The van der Waals surface area contributed by atoms with Crippen molar-refractivity contribution < 1.29 is 65.4 Å². The number of hydrogen-bond donors (Lipinski definition) is 8. The number of aromatic amines is 2. The Bertz CT molecular complexity index is 2440. The number of benzene rings is 1. The standard InChI is InChI=1S/C29H40N11O16P3/c1-37-14-40(24-20(37)26(43)36-29(31)34-24)18-10-38(8-15-6-4-3-5-7-15)9-16(53-18)11-51-57(44,45)55-59(48,49)56-58(46,47)52-12-17-21(41)22(50-2)27(54-17)39-13-32-19-23(39)33-28(30)35-25(19)42/h3-7,13,16-18,21-22,27,41H,8-12,14H2,1-2H3,(H,44,45)(H,46,47)(H,48,49)(H3,30,33,35,42)(H3,31,34,36,43)/t16-,17?,18+,21+,22+,27?/m0/s1. The van der Waals surface area contributed by atoms with E-state index in [4.69, 9.17) is 34.7 Å². The third-order valence-electron chi connectivity index (χ3n) is 9.28. The van der Waals surface area contributed by atoms with Gasteiger partial charge in [0.15, 0.2) is 23.2 Å². The number of H-pyrrole nitrogens is 2. The third kappa shape index (κ3) is 9.60. The highest BCUT2D eigenvalue weighted by molar-refractivity contribution is 7.66. The lowest BCUT2D eigenvalue weighted by Crippen LogP contribution is -2.55. The summed E-state index contributed by atoms with van der Waals surface area (Å²) in [6.07, 6.45) is -6.07. The molecule has 59 heavy (non-hydrogen) atoms. The van der Waals surface area contributed by atoms with Crippen LogP contribution in [-0.4, -0.2) is 132 Å². The Balaban J connectivity index is 0.977. The van der Waals surface area contributed by atoms with Gasteiger partial charge in [-0.05, 0) is 5.56 Å². The molecule has 3 aliphatic rings. The molecule has 0 bridgehead atoms. The zero-order valence-corrected chi connectivity index (χ0v) is 33.7. The molecule has 10 N–H and O–H groups in total. The Morgan fingerprint density at radius 1 is 0.915 bits per heavy atom. The first kappa shape index (κ1) is 43.0. The summed E-state index contributed by atoms with van der Waals surface area (Å²) < 4.78 is 75.3. The van der Waals surface area contributed by atoms with Gasteiger partial charge in [-0.15, -0.1) is 0 Å². The Labute approximate surface area is 332 Å². The van der Waals surface area contributed by atoms with Crippen LogP contribution in [0.3, 0.4) is 0 Å². The van der Waals surface area contributed by atoms with Crippen LogP contribution in [0.25, 0.3) is 11.2 Å². The van der Waals surface area contributed by atoms with Gasteiger partial charge in [0.1, 0.15) is 30.2 Å². The summed E-state index contributed by atoms with van der Waals surface area (Å²) in [4.78, 5) is 78.1. The molecule has 7 rings (SSSR count). The summed E-state index contributed by atoms with van der Waals surface area (Å²) in [5.41, 5.74) is 11.4. The number of nitrogens with two attached hydrogens (primary N) is 2. The number of aliphatic hydroxyl groups is 1. The number of anilines is 4. The van der Waals surface area contributed by atoms with Crippen molar-refractivity contribution in [2.45, 2.75) is 43.4 Å². The van der Waals surface area contributed by atoms with E-state index in [0.29, 0.717) is 6.54 Å². The van der Waals surface area contributed by atoms with Crippen LogP contribution < -0.4 is 32.4 Å². The fraction of sp³-hybridized carbons (Fsp3) is 0.483. The van der Waals surface area contributed by atoms with Crippen LogP contribution in [0.15, 0.2) is 46.2 Å². The second-order valence-corrected chi connectivity index (χ2v) is 18.2. The zero-order valence-electron chi connectivity index (χ0n) is 31.0. The van der Waals surface area contributed by atoms with Crippen LogP contribution in [0.4, 0.5) is 23.4 Å². The first-order chi connectivity index (χ1) is 27.8. The molecule has 1 aromatic carbocycles. The quantitative estimate of drug-likeness (QED) is 0.0674. The predicted molar refractivity (Wildman–Crippen MR) is 202 cm³/mol. The number of phosphoric ester groups is 2. The SMILES string of the molecule is CO[C@H]1C(n2cnc3c(=O)[nH]c(N)nc32)OC(COP(=O)(O)OP(=O)(O)OP(=O)(O)OC[C@@H]2CN(Cc3ccccc3)C[C@H](N3CN(C)c4c3nc(N)[nH]c4=O)O2)[C@H]1O. The molecule has 4 aromatic rings. The number of methoxy groups -OCH3 is 1. The number of rotatable bonds is 15. The first-order valence-electron chi connectivity index (χ1n) is 17.4. The Hall–Kier alpha value is -4.14. The van der Waals surface area contributed by atoms with E-state index in [-0.39, 0.29) is 54.3 Å². The molecular weight excluding hydrogens is 851 g/mol. The third-order valence-corrected chi connectivity index (χ3v) is 13.5. The van der Waals surface area contributed by atoms with Crippen LogP contribution in [0, 0.1) is 0 Å². The maximum absolute atomic E-state index is 12.9. The number of ether oxygens (including phenoxy) is 3. The number of nitrogen functional groups attached to an aromatic ring is 2. The lowest BCUT2D eigenvalue weighted by Gasteiger charge is -2.42. The van der Waals surface area contributed by atoms with Crippen molar-refractivity contribution in [3.8, 4) is 0 Å². The molecule has 6 heterocycles. The van der Waals surface area contributed by atoms with Crippen molar-refractivity contribution in [2.24, 2.45) is 0 Å². The van der Waals surface area contributed by atoms with Gasteiger partial charge in [0.2, 0.25) is 11.9 Å². The van der Waals surface area contributed by atoms with E-state index < -0.39 is 84.7 Å². The van der Waals surface area contributed by atoms with Gasteiger partial charge >= 0.3 is 23.5 Å². The van der Waals surface area contributed by atoms with Crippen molar-refractivity contribution >= 4 is 58.0 Å². The van der Waals surface area contributed by atoms with E-state index in [1.165, 1.54) is 11.7 Å². The summed E-state index contributed by atoms with van der Waals surface area (Å²) in [7, 11) is -14.2. The highest BCUT2D eigenvalue weighted by atomic mass is 31.3. The number of aromatic nitrogens is 6. The zero-order chi connectivity index (χ0) is 42.4. The minimum absolute atomic E-state index is 0.0393. The molecule has 2 fully saturated rings. The van der Waals surface area contributed by atoms with E-state index in [1.54, 1.807) is 16.8 Å². The molecule has 0 spiro atoms. The van der Waals surface area contributed by atoms with Gasteiger partial charge in [-0.1, -0.05) is 30.3 Å². The number of phosphoric acid groups is 3. The van der Waals surface area contributed by atoms with Crippen molar-refractivity contribution in [3.63, 3.8) is 0 Å². The fourth-order valence-corrected chi connectivity index (χ4v) is 10.4. The number of nitrogens with one attached hydrogen (secondary N) is 2. The predicted octanol–water partition coefficient (Wildman–Crippen LogP) is -0.851. The normalized spacial score (nSPS) is 26.7. The molecule has 0 radical (unpaired) electrons. The van der Waals surface area contributed by atoms with Crippen LogP contribution in [0.2, 0.25) is 0 Å². The molecular formula is C29H40N11O16P3. The van der Waals surface area contributed by atoms with E-state index >= 15 is 0 Å². The highest BCUT2D eigenvalue weighted by Gasteiger charge is 2.48. The molecule has 322 valence electrons. The topological polar surface area (TPSA) is 368 Å². The Kier molecular flexibility index (Phi) is 12.2. The second-order valence-electron chi connectivity index (χ2n) is 13.5. The first-order valence-corrected chi connectivity index (χ1v) is 21.9. The number of nitrogens with zero attached hydrogens (tertiary/aromatic N) is 7. The average molecular weight is 892 g/mol. The molecule has 0 amide bonds. The highest BCUT2D eigenvalue weighted by Crippen LogP contribution is 2.67. The lowest BCUT2D eigenvalue weighted by atomic mass is 10.1. The van der Waals surface area contributed by atoms with Gasteiger partial charge in [-0.25, -0.2) is 18.7 Å². The number of imidazole rings is 1. The second kappa shape index (κ2) is 16.7. The molecule has 5 unspecified atom stereocenters. The van der Waals surface area contributed by atoms with E-state index in [1.807, 2.05) is 35.2 Å². The minimum Gasteiger partial charge on any atom is -0.387 e. The van der Waals surface area contributed by atoms with Crippen molar-refractivity contribution in [1.29, 1.82) is 0 Å². The fourth-order valence-electron chi connectivity index (χ4n) is 6.87. The molecule has 30 heteroatoms. The lowest BCUT2D eigenvalue weighted by molar-refractivity contribution is -0.103. The molecule has 27 nitrogen and oxygen atoms in total. The van der Waals surface area contributed by atoms with Gasteiger partial charge in [0, 0.05) is 33.8 Å². The number of fused-ring (bicyclic) bond motifs is 2. The van der Waals surface area contributed by atoms with E-state index in [2.05, 4.69) is 33.5 Å². The minimum atomic E-state index is -5.92. The Morgan fingerprint density at radius 2 is 1.58 bits per heavy atom.